The fraction of sp³-hybridized carbons (Fsp3) is 0.125. The van der Waals surface area contributed by atoms with Crippen LogP contribution in [0.4, 0.5) is 0 Å². The fourth-order valence-electron chi connectivity index (χ4n) is 2.94. The van der Waals surface area contributed by atoms with Crippen molar-refractivity contribution in [2.24, 2.45) is 0 Å². The van der Waals surface area contributed by atoms with Crippen LogP contribution in [0.2, 0.25) is 0 Å². The predicted octanol–water partition coefficient (Wildman–Crippen LogP) is 2.58. The van der Waals surface area contributed by atoms with Crippen LogP contribution < -0.4 is 0 Å². The highest BCUT2D eigenvalue weighted by Crippen LogP contribution is 2.44. The highest BCUT2D eigenvalue weighted by Gasteiger charge is 2.33. The molecule has 20 heavy (non-hydrogen) atoms. The number of nitrogens with zero attached hydrogens (tertiary/aromatic N) is 3. The molecule has 4 heteroatoms. The Bertz CT molecular complexity index is 751. The van der Waals surface area contributed by atoms with Gasteiger partial charge in [0.1, 0.15) is 6.10 Å². The van der Waals surface area contributed by atoms with E-state index >= 15 is 0 Å². The molecule has 1 aromatic carbocycles. The van der Waals surface area contributed by atoms with Gasteiger partial charge in [-0.3, -0.25) is 4.98 Å². The molecule has 0 aliphatic carbocycles. The minimum absolute atomic E-state index is 0.133. The Morgan fingerprint density at radius 3 is 2.70 bits per heavy atom. The van der Waals surface area contributed by atoms with Crippen molar-refractivity contribution < 1.29 is 5.11 Å². The van der Waals surface area contributed by atoms with Crippen LogP contribution in [0.3, 0.4) is 0 Å². The lowest BCUT2D eigenvalue weighted by molar-refractivity contribution is 0.135. The monoisotopic (exact) mass is 263 g/mol. The third kappa shape index (κ3) is 1.52. The maximum Gasteiger partial charge on any atom is 0.104 e. The molecule has 98 valence electrons. The van der Waals surface area contributed by atoms with Gasteiger partial charge in [0.25, 0.3) is 0 Å². The van der Waals surface area contributed by atoms with Gasteiger partial charge in [0, 0.05) is 18.0 Å². The molecule has 1 aliphatic heterocycles. The number of aliphatic hydroxyl groups is 1. The Morgan fingerprint density at radius 2 is 1.85 bits per heavy atom. The molecule has 1 unspecified atom stereocenters. The molecule has 0 spiro atoms. The number of pyridine rings is 1. The molecule has 0 fully saturated rings. The normalized spacial score (nSPS) is 17.6. The van der Waals surface area contributed by atoms with E-state index in [0.29, 0.717) is 0 Å². The molecule has 1 aliphatic rings. The van der Waals surface area contributed by atoms with Crippen LogP contribution in [0.5, 0.6) is 0 Å². The molecule has 2 atom stereocenters. The summed E-state index contributed by atoms with van der Waals surface area (Å²) in [7, 11) is 0. The first kappa shape index (κ1) is 11.4. The summed E-state index contributed by atoms with van der Waals surface area (Å²) in [4.78, 5) is 8.21. The third-order valence-corrected chi connectivity index (χ3v) is 3.87. The predicted molar refractivity (Wildman–Crippen MR) is 75.0 cm³/mol. The lowest BCUT2D eigenvalue weighted by Crippen LogP contribution is -2.15. The minimum Gasteiger partial charge on any atom is -0.386 e. The van der Waals surface area contributed by atoms with Crippen molar-refractivity contribution >= 4 is 0 Å². The Morgan fingerprint density at radius 1 is 1.05 bits per heavy atom. The summed E-state index contributed by atoms with van der Waals surface area (Å²) in [6, 6.07) is 11.7. The number of hydrogen-bond donors (Lipinski definition) is 1. The maximum absolute atomic E-state index is 10.8. The van der Waals surface area contributed by atoms with E-state index in [1.165, 1.54) is 0 Å². The summed E-state index contributed by atoms with van der Waals surface area (Å²) < 4.78 is 2.04. The second kappa shape index (κ2) is 4.28. The molecule has 0 saturated carbocycles. The second-order valence-electron chi connectivity index (χ2n) is 4.94. The lowest BCUT2D eigenvalue weighted by atomic mass is 9.95. The van der Waals surface area contributed by atoms with Crippen LogP contribution in [0.15, 0.2) is 61.3 Å². The van der Waals surface area contributed by atoms with Crippen LogP contribution in [0.25, 0.3) is 11.3 Å². The highest BCUT2D eigenvalue weighted by atomic mass is 16.3. The molecule has 3 aromatic rings. The largest absolute Gasteiger partial charge is 0.386 e. The summed E-state index contributed by atoms with van der Waals surface area (Å²) in [5, 5.41) is 10.8. The van der Waals surface area contributed by atoms with Crippen LogP contribution in [0.1, 0.15) is 23.3 Å². The summed E-state index contributed by atoms with van der Waals surface area (Å²) in [6.07, 6.45) is 6.42. The lowest BCUT2D eigenvalue weighted by Gasteiger charge is -2.21. The zero-order valence-corrected chi connectivity index (χ0v) is 10.7. The van der Waals surface area contributed by atoms with Crippen LogP contribution in [-0.4, -0.2) is 19.6 Å². The molecule has 0 bridgehead atoms. The van der Waals surface area contributed by atoms with E-state index < -0.39 is 6.10 Å². The first-order valence-corrected chi connectivity index (χ1v) is 6.55. The molecule has 1 N–H and O–H groups in total. The van der Waals surface area contributed by atoms with Crippen molar-refractivity contribution in [3.8, 4) is 11.3 Å². The fourth-order valence-corrected chi connectivity index (χ4v) is 2.94. The van der Waals surface area contributed by atoms with E-state index in [-0.39, 0.29) is 6.04 Å². The van der Waals surface area contributed by atoms with E-state index in [4.69, 9.17) is 0 Å². The SMILES string of the molecule is O[C@@H](c1ccncc1)C1c2ccccc2-c2cncn21. The number of rotatable bonds is 2. The number of fused-ring (bicyclic) bond motifs is 3. The summed E-state index contributed by atoms with van der Waals surface area (Å²) in [5.74, 6) is 0. The third-order valence-electron chi connectivity index (χ3n) is 3.87. The number of benzene rings is 1. The van der Waals surface area contributed by atoms with Gasteiger partial charge >= 0.3 is 0 Å². The van der Waals surface area contributed by atoms with Crippen LogP contribution >= 0.6 is 0 Å². The van der Waals surface area contributed by atoms with E-state index in [1.54, 1.807) is 18.7 Å². The maximum atomic E-state index is 10.8. The molecule has 0 saturated heterocycles. The molecule has 2 aromatic heterocycles. The first-order valence-electron chi connectivity index (χ1n) is 6.55. The van der Waals surface area contributed by atoms with E-state index in [9.17, 15) is 5.11 Å². The van der Waals surface area contributed by atoms with Gasteiger partial charge in [-0.05, 0) is 23.3 Å². The van der Waals surface area contributed by atoms with Gasteiger partial charge in [-0.2, -0.15) is 0 Å². The van der Waals surface area contributed by atoms with Gasteiger partial charge in [0.2, 0.25) is 0 Å². The van der Waals surface area contributed by atoms with E-state index in [2.05, 4.69) is 22.1 Å². The van der Waals surface area contributed by atoms with Crippen molar-refractivity contribution in [1.82, 2.24) is 14.5 Å². The topological polar surface area (TPSA) is 50.9 Å². The average Bonchev–Trinajstić information content (AvgIpc) is 3.08. The average molecular weight is 263 g/mol. The zero-order chi connectivity index (χ0) is 13.5. The smallest absolute Gasteiger partial charge is 0.104 e. The summed E-state index contributed by atoms with van der Waals surface area (Å²) in [5.41, 5.74) is 4.19. The molecule has 3 heterocycles. The minimum atomic E-state index is -0.616. The zero-order valence-electron chi connectivity index (χ0n) is 10.7. The van der Waals surface area contributed by atoms with Gasteiger partial charge < -0.3 is 9.67 Å². The first-order chi connectivity index (χ1) is 9.86. The number of aliphatic hydroxyl groups excluding tert-OH is 1. The van der Waals surface area contributed by atoms with E-state index in [1.807, 2.05) is 35.0 Å². The van der Waals surface area contributed by atoms with Crippen LogP contribution in [0, 0.1) is 0 Å². The van der Waals surface area contributed by atoms with Crippen molar-refractivity contribution in [3.63, 3.8) is 0 Å². The highest BCUT2D eigenvalue weighted by molar-refractivity contribution is 5.69. The van der Waals surface area contributed by atoms with Gasteiger partial charge in [-0.15, -0.1) is 0 Å². The quantitative estimate of drug-likeness (QED) is 0.773. The molecular formula is C16H13N3O. The molecule has 0 radical (unpaired) electrons. The van der Waals surface area contributed by atoms with Crippen molar-refractivity contribution in [3.05, 3.63) is 72.4 Å². The van der Waals surface area contributed by atoms with Gasteiger partial charge in [0.15, 0.2) is 0 Å². The Hall–Kier alpha value is -2.46. The van der Waals surface area contributed by atoms with Crippen molar-refractivity contribution in [2.75, 3.05) is 0 Å². The summed E-state index contributed by atoms with van der Waals surface area (Å²) >= 11 is 0. The van der Waals surface area contributed by atoms with Gasteiger partial charge in [0.05, 0.1) is 24.3 Å². The Kier molecular flexibility index (Phi) is 2.44. The Balaban J connectivity index is 1.87. The summed E-state index contributed by atoms with van der Waals surface area (Å²) in [6.45, 7) is 0. The van der Waals surface area contributed by atoms with Crippen molar-refractivity contribution in [2.45, 2.75) is 12.1 Å². The van der Waals surface area contributed by atoms with Crippen LogP contribution in [-0.2, 0) is 0 Å². The molecular weight excluding hydrogens is 250 g/mol. The second-order valence-corrected chi connectivity index (χ2v) is 4.94. The number of aromatic nitrogens is 3. The Labute approximate surface area is 116 Å². The van der Waals surface area contributed by atoms with E-state index in [0.717, 1.165) is 22.4 Å². The molecule has 4 rings (SSSR count). The van der Waals surface area contributed by atoms with Gasteiger partial charge in [-0.1, -0.05) is 24.3 Å². The number of imidazole rings is 1. The van der Waals surface area contributed by atoms with Gasteiger partial charge in [-0.25, -0.2) is 4.98 Å². The molecule has 4 nitrogen and oxygen atoms in total. The van der Waals surface area contributed by atoms with Crippen molar-refractivity contribution in [1.29, 1.82) is 0 Å². The standard InChI is InChI=1S/C16H13N3O/c20-16(11-5-7-17-8-6-11)15-13-4-2-1-3-12(13)14-9-18-10-19(14)15/h1-10,15-16,20H/t15?,16-/m0/s1. The number of hydrogen-bond acceptors (Lipinski definition) is 3. The molecule has 0 amide bonds.